The molecule has 1 N–H and O–H groups in total. The van der Waals surface area contributed by atoms with Crippen LogP contribution in [0.25, 0.3) is 10.9 Å². The molecule has 0 bridgehead atoms. The summed E-state index contributed by atoms with van der Waals surface area (Å²) in [4.78, 5) is 27.0. The van der Waals surface area contributed by atoms with Crippen LogP contribution in [-0.4, -0.2) is 42.8 Å². The van der Waals surface area contributed by atoms with Gasteiger partial charge in [-0.3, -0.25) is 4.79 Å². The Labute approximate surface area is 156 Å². The summed E-state index contributed by atoms with van der Waals surface area (Å²) < 4.78 is 21.9. The van der Waals surface area contributed by atoms with Gasteiger partial charge in [0.1, 0.15) is 11.4 Å². The van der Waals surface area contributed by atoms with Crippen LogP contribution < -0.4 is 15.6 Å². The molecule has 7 heteroatoms. The maximum atomic E-state index is 14.9. The maximum absolute atomic E-state index is 14.9. The van der Waals surface area contributed by atoms with Crippen molar-refractivity contribution in [3.8, 4) is 0 Å². The van der Waals surface area contributed by atoms with Gasteiger partial charge in [-0.2, -0.15) is 0 Å². The first kappa shape index (κ1) is 18.0. The number of halogens is 1. The van der Waals surface area contributed by atoms with Crippen molar-refractivity contribution in [1.29, 1.82) is 0 Å². The number of hydrogen-bond acceptors (Lipinski definition) is 5. The van der Waals surface area contributed by atoms with Crippen LogP contribution in [0.3, 0.4) is 0 Å². The number of rotatable bonds is 4. The van der Waals surface area contributed by atoms with Gasteiger partial charge in [-0.05, 0) is 38.8 Å². The van der Waals surface area contributed by atoms with E-state index in [0.717, 1.165) is 19.4 Å². The lowest BCUT2D eigenvalue weighted by Gasteiger charge is -2.34. The molecule has 2 heterocycles. The zero-order valence-corrected chi connectivity index (χ0v) is 15.6. The van der Waals surface area contributed by atoms with Gasteiger partial charge < -0.3 is 19.5 Å². The lowest BCUT2D eigenvalue weighted by molar-refractivity contribution is 0.0524. The Morgan fingerprint density at radius 2 is 2.15 bits per heavy atom. The molecule has 1 aliphatic heterocycles. The molecule has 1 unspecified atom stereocenters. The molecule has 1 aromatic heterocycles. The zero-order valence-electron chi connectivity index (χ0n) is 15.6. The number of carbonyl (C=O) groups is 1. The van der Waals surface area contributed by atoms with Crippen LogP contribution in [0.15, 0.2) is 23.1 Å². The van der Waals surface area contributed by atoms with E-state index in [9.17, 15) is 14.0 Å². The molecule has 1 aliphatic carbocycles. The highest BCUT2D eigenvalue weighted by molar-refractivity contribution is 5.94. The lowest BCUT2D eigenvalue weighted by atomic mass is 10.1. The van der Waals surface area contributed by atoms with Crippen molar-refractivity contribution >= 4 is 22.6 Å². The SMILES string of the molecule is CCOC(=O)c1cn(C2CC2)c2cc(N3CCNC(C)C3)c(F)cc2c1=O. The normalized spacial score (nSPS) is 20.1. The molecule has 144 valence electrons. The first-order chi connectivity index (χ1) is 13.0. The van der Waals surface area contributed by atoms with E-state index in [-0.39, 0.29) is 29.6 Å². The van der Waals surface area contributed by atoms with Crippen molar-refractivity contribution in [2.24, 2.45) is 0 Å². The second kappa shape index (κ2) is 6.96. The summed E-state index contributed by atoms with van der Waals surface area (Å²) in [6, 6.07) is 3.55. The molecule has 1 saturated carbocycles. The van der Waals surface area contributed by atoms with E-state index in [1.54, 1.807) is 19.2 Å². The Bertz CT molecular complexity index is 952. The molecule has 0 radical (unpaired) electrons. The smallest absolute Gasteiger partial charge is 0.343 e. The standard InChI is InChI=1S/C20H24FN3O3/c1-3-27-20(26)15-11-24(13-4-5-13)17-9-18(16(21)8-14(17)19(15)25)23-7-6-22-12(2)10-23/h8-9,11-13,22H,3-7,10H2,1-2H3. The minimum Gasteiger partial charge on any atom is -0.462 e. The Kier molecular flexibility index (Phi) is 4.63. The van der Waals surface area contributed by atoms with E-state index >= 15 is 0 Å². The van der Waals surface area contributed by atoms with Crippen LogP contribution in [0.4, 0.5) is 10.1 Å². The number of carbonyl (C=O) groups excluding carboxylic acids is 1. The first-order valence-electron chi connectivity index (χ1n) is 9.53. The highest BCUT2D eigenvalue weighted by atomic mass is 19.1. The average Bonchev–Trinajstić information content (AvgIpc) is 3.47. The Balaban J connectivity index is 1.88. The summed E-state index contributed by atoms with van der Waals surface area (Å²) in [6.45, 7) is 6.15. The molecule has 1 aromatic carbocycles. The third kappa shape index (κ3) is 3.32. The number of hydrogen-bond donors (Lipinski definition) is 1. The monoisotopic (exact) mass is 373 g/mol. The molecular weight excluding hydrogens is 349 g/mol. The van der Waals surface area contributed by atoms with Crippen LogP contribution >= 0.6 is 0 Å². The summed E-state index contributed by atoms with van der Waals surface area (Å²) in [5, 5.41) is 3.58. The zero-order chi connectivity index (χ0) is 19.1. The number of fused-ring (bicyclic) bond motifs is 1. The van der Waals surface area contributed by atoms with Crippen LogP contribution in [0.2, 0.25) is 0 Å². The van der Waals surface area contributed by atoms with Gasteiger partial charge >= 0.3 is 5.97 Å². The first-order valence-corrected chi connectivity index (χ1v) is 9.53. The Morgan fingerprint density at radius 3 is 2.81 bits per heavy atom. The molecule has 0 amide bonds. The van der Waals surface area contributed by atoms with E-state index in [1.165, 1.54) is 6.07 Å². The summed E-state index contributed by atoms with van der Waals surface area (Å²) in [7, 11) is 0. The minimum atomic E-state index is -0.654. The number of ether oxygens (including phenoxy) is 1. The fourth-order valence-electron chi connectivity index (χ4n) is 3.76. The minimum absolute atomic E-state index is 0.0285. The van der Waals surface area contributed by atoms with Crippen molar-refractivity contribution < 1.29 is 13.9 Å². The van der Waals surface area contributed by atoms with Crippen LogP contribution in [0, 0.1) is 5.82 Å². The molecule has 2 aromatic rings. The molecule has 1 saturated heterocycles. The molecule has 4 rings (SSSR count). The summed E-state index contributed by atoms with van der Waals surface area (Å²) in [5.41, 5.74) is 0.686. The number of nitrogens with zero attached hydrogens (tertiary/aromatic N) is 2. The van der Waals surface area contributed by atoms with E-state index in [4.69, 9.17) is 4.74 Å². The molecule has 6 nitrogen and oxygen atoms in total. The van der Waals surface area contributed by atoms with E-state index < -0.39 is 17.2 Å². The van der Waals surface area contributed by atoms with E-state index in [2.05, 4.69) is 12.2 Å². The number of nitrogens with one attached hydrogen (secondary N) is 1. The topological polar surface area (TPSA) is 63.6 Å². The highest BCUT2D eigenvalue weighted by Crippen LogP contribution is 2.38. The van der Waals surface area contributed by atoms with E-state index in [1.807, 2.05) is 9.47 Å². The van der Waals surface area contributed by atoms with Crippen molar-refractivity contribution in [3.05, 3.63) is 39.9 Å². The summed E-state index contributed by atoms with van der Waals surface area (Å²) in [5.74, 6) is -1.09. The van der Waals surface area contributed by atoms with Gasteiger partial charge in [-0.1, -0.05) is 0 Å². The van der Waals surface area contributed by atoms with Gasteiger partial charge in [-0.25, -0.2) is 9.18 Å². The van der Waals surface area contributed by atoms with Gasteiger partial charge in [0.15, 0.2) is 0 Å². The van der Waals surface area contributed by atoms with Crippen molar-refractivity contribution in [2.45, 2.75) is 38.8 Å². The second-order valence-electron chi connectivity index (χ2n) is 7.35. The van der Waals surface area contributed by atoms with Gasteiger partial charge in [0.25, 0.3) is 0 Å². The quantitative estimate of drug-likeness (QED) is 0.834. The predicted molar refractivity (Wildman–Crippen MR) is 102 cm³/mol. The number of piperazine rings is 1. The van der Waals surface area contributed by atoms with Crippen molar-refractivity contribution in [2.75, 3.05) is 31.1 Å². The maximum Gasteiger partial charge on any atom is 0.343 e. The Hall–Kier alpha value is -2.41. The third-order valence-corrected chi connectivity index (χ3v) is 5.25. The number of anilines is 1. The summed E-state index contributed by atoms with van der Waals surface area (Å²) in [6.07, 6.45) is 3.55. The summed E-state index contributed by atoms with van der Waals surface area (Å²) >= 11 is 0. The van der Waals surface area contributed by atoms with Crippen molar-refractivity contribution in [1.82, 2.24) is 9.88 Å². The van der Waals surface area contributed by atoms with Crippen LogP contribution in [0.5, 0.6) is 0 Å². The molecule has 1 atom stereocenters. The second-order valence-corrected chi connectivity index (χ2v) is 7.35. The molecule has 0 spiro atoms. The molecule has 2 aliphatic rings. The Morgan fingerprint density at radius 1 is 1.37 bits per heavy atom. The predicted octanol–water partition coefficient (Wildman–Crippen LogP) is 2.45. The van der Waals surface area contributed by atoms with Gasteiger partial charge in [0.05, 0.1) is 17.8 Å². The van der Waals surface area contributed by atoms with Gasteiger partial charge in [0.2, 0.25) is 5.43 Å². The van der Waals surface area contributed by atoms with Crippen LogP contribution in [0.1, 0.15) is 43.1 Å². The lowest BCUT2D eigenvalue weighted by Crippen LogP contribution is -2.49. The largest absolute Gasteiger partial charge is 0.462 e. The fourth-order valence-corrected chi connectivity index (χ4v) is 3.76. The molecular formula is C20H24FN3O3. The number of aromatic nitrogens is 1. The molecule has 2 fully saturated rings. The van der Waals surface area contributed by atoms with Crippen LogP contribution in [-0.2, 0) is 4.74 Å². The average molecular weight is 373 g/mol. The van der Waals surface area contributed by atoms with Gasteiger partial charge in [0, 0.05) is 43.3 Å². The molecule has 27 heavy (non-hydrogen) atoms. The number of esters is 1. The fraction of sp³-hybridized carbons (Fsp3) is 0.500. The number of pyridine rings is 1. The van der Waals surface area contributed by atoms with E-state index in [0.29, 0.717) is 24.3 Å². The van der Waals surface area contributed by atoms with Gasteiger partial charge in [-0.15, -0.1) is 0 Å². The third-order valence-electron chi connectivity index (χ3n) is 5.25. The van der Waals surface area contributed by atoms with Crippen molar-refractivity contribution in [3.63, 3.8) is 0 Å². The highest BCUT2D eigenvalue weighted by Gasteiger charge is 2.28. The number of benzene rings is 1.